The number of rotatable bonds is 6. The second-order valence-corrected chi connectivity index (χ2v) is 4.09. The molecule has 0 bridgehead atoms. The molecule has 0 unspecified atom stereocenters. The highest BCUT2D eigenvalue weighted by atomic mass is 35.5. The largest absolute Gasteiger partial charge is 0.352 e. The van der Waals surface area contributed by atoms with Gasteiger partial charge in [-0.25, -0.2) is 4.39 Å². The Balaban J connectivity index is 0.00000361. The van der Waals surface area contributed by atoms with E-state index in [2.05, 4.69) is 16.0 Å². The molecule has 0 aliphatic heterocycles. The molecule has 7 heteroatoms. The van der Waals surface area contributed by atoms with Crippen LogP contribution in [0.3, 0.4) is 0 Å². The normalized spacial score (nSPS) is 9.55. The van der Waals surface area contributed by atoms with E-state index < -0.39 is 11.7 Å². The van der Waals surface area contributed by atoms with Crippen molar-refractivity contribution in [3.05, 3.63) is 29.6 Å². The Morgan fingerprint density at radius 3 is 2.55 bits per heavy atom. The highest BCUT2D eigenvalue weighted by Crippen LogP contribution is 2.14. The molecule has 0 saturated carbocycles. The number of benzene rings is 1. The minimum Gasteiger partial charge on any atom is -0.352 e. The van der Waals surface area contributed by atoms with E-state index in [9.17, 15) is 14.0 Å². The summed E-state index contributed by atoms with van der Waals surface area (Å²) in [5, 5.41) is 8.08. The first-order chi connectivity index (χ1) is 9.04. The van der Waals surface area contributed by atoms with Crippen molar-refractivity contribution in [2.45, 2.75) is 13.3 Å². The molecule has 0 fully saturated rings. The molecule has 1 aromatic carbocycles. The van der Waals surface area contributed by atoms with Crippen molar-refractivity contribution in [3.63, 3.8) is 0 Å². The standard InChI is InChI=1S/C13H18FN3O2.ClH/c1-9(18)17-10-4-5-12(14)11(8-10)13(19)16-7-3-6-15-2;/h4-5,8,15H,3,6-7H2,1-2H3,(H,16,19)(H,17,18);1H. The Kier molecular flexibility index (Phi) is 8.51. The third-order valence-corrected chi connectivity index (χ3v) is 2.42. The lowest BCUT2D eigenvalue weighted by Crippen LogP contribution is -2.27. The zero-order chi connectivity index (χ0) is 14.3. The van der Waals surface area contributed by atoms with E-state index >= 15 is 0 Å². The smallest absolute Gasteiger partial charge is 0.254 e. The molecule has 0 atom stereocenters. The van der Waals surface area contributed by atoms with E-state index in [1.807, 2.05) is 7.05 Å². The van der Waals surface area contributed by atoms with Crippen LogP contribution in [0.4, 0.5) is 10.1 Å². The third kappa shape index (κ3) is 5.99. The van der Waals surface area contributed by atoms with Gasteiger partial charge in [0.25, 0.3) is 5.91 Å². The van der Waals surface area contributed by atoms with Crippen molar-refractivity contribution in [1.82, 2.24) is 10.6 Å². The predicted octanol–water partition coefficient (Wildman–Crippen LogP) is 1.55. The lowest BCUT2D eigenvalue weighted by Gasteiger charge is -2.08. The fraction of sp³-hybridized carbons (Fsp3) is 0.385. The summed E-state index contributed by atoms with van der Waals surface area (Å²) in [4.78, 5) is 22.7. The van der Waals surface area contributed by atoms with Crippen LogP contribution in [0.2, 0.25) is 0 Å². The second-order valence-electron chi connectivity index (χ2n) is 4.09. The maximum Gasteiger partial charge on any atom is 0.254 e. The van der Waals surface area contributed by atoms with E-state index in [1.165, 1.54) is 19.1 Å². The Labute approximate surface area is 123 Å². The van der Waals surface area contributed by atoms with Crippen LogP contribution in [-0.4, -0.2) is 32.0 Å². The average Bonchev–Trinajstić information content (AvgIpc) is 2.36. The summed E-state index contributed by atoms with van der Waals surface area (Å²) in [6.07, 6.45) is 0.759. The Morgan fingerprint density at radius 2 is 1.95 bits per heavy atom. The fourth-order valence-electron chi connectivity index (χ4n) is 1.54. The first kappa shape index (κ1) is 18.3. The minimum atomic E-state index is -0.611. The lowest BCUT2D eigenvalue weighted by atomic mass is 10.1. The predicted molar refractivity (Wildman–Crippen MR) is 78.8 cm³/mol. The van der Waals surface area contributed by atoms with Crippen LogP contribution in [0.15, 0.2) is 18.2 Å². The molecule has 1 aromatic rings. The first-order valence-corrected chi connectivity index (χ1v) is 6.04. The number of nitrogens with one attached hydrogen (secondary N) is 3. The third-order valence-electron chi connectivity index (χ3n) is 2.42. The summed E-state index contributed by atoms with van der Waals surface area (Å²) in [6.45, 7) is 2.58. The molecule has 2 amide bonds. The van der Waals surface area contributed by atoms with E-state index in [-0.39, 0.29) is 23.9 Å². The molecule has 0 saturated heterocycles. The molecule has 3 N–H and O–H groups in total. The van der Waals surface area contributed by atoms with Gasteiger partial charge in [0.05, 0.1) is 5.56 Å². The number of hydrogen-bond donors (Lipinski definition) is 3. The Bertz CT molecular complexity index is 469. The highest BCUT2D eigenvalue weighted by molar-refractivity contribution is 5.97. The van der Waals surface area contributed by atoms with Crippen molar-refractivity contribution in [2.24, 2.45) is 0 Å². The molecule has 0 spiro atoms. The Morgan fingerprint density at radius 1 is 1.25 bits per heavy atom. The molecule has 0 aliphatic rings. The number of halogens is 2. The number of anilines is 1. The SMILES string of the molecule is CNCCCNC(=O)c1cc(NC(C)=O)ccc1F.Cl. The van der Waals surface area contributed by atoms with Gasteiger partial charge >= 0.3 is 0 Å². The molecule has 0 radical (unpaired) electrons. The van der Waals surface area contributed by atoms with Gasteiger partial charge in [0.2, 0.25) is 5.91 Å². The summed E-state index contributed by atoms with van der Waals surface area (Å²) in [6, 6.07) is 3.90. The van der Waals surface area contributed by atoms with Gasteiger partial charge in [-0.2, -0.15) is 0 Å². The number of amides is 2. The van der Waals surface area contributed by atoms with E-state index in [1.54, 1.807) is 0 Å². The molecule has 0 heterocycles. The number of carbonyl (C=O) groups is 2. The molecule has 112 valence electrons. The first-order valence-electron chi connectivity index (χ1n) is 6.04. The van der Waals surface area contributed by atoms with Crippen LogP contribution in [0.5, 0.6) is 0 Å². The van der Waals surface area contributed by atoms with Crippen molar-refractivity contribution in [2.75, 3.05) is 25.5 Å². The van der Waals surface area contributed by atoms with Crippen molar-refractivity contribution in [1.29, 1.82) is 0 Å². The Hall–Kier alpha value is -1.66. The minimum absolute atomic E-state index is 0. The van der Waals surface area contributed by atoms with Crippen molar-refractivity contribution >= 4 is 29.9 Å². The summed E-state index contributed by atoms with van der Waals surface area (Å²) in [7, 11) is 1.82. The van der Waals surface area contributed by atoms with E-state index in [0.29, 0.717) is 12.2 Å². The molecular formula is C13H19ClFN3O2. The molecule has 0 aliphatic carbocycles. The molecule has 1 rings (SSSR count). The van der Waals surface area contributed by atoms with Crippen LogP contribution in [0.25, 0.3) is 0 Å². The maximum atomic E-state index is 13.5. The molecule has 20 heavy (non-hydrogen) atoms. The second kappa shape index (κ2) is 9.28. The maximum absolute atomic E-state index is 13.5. The van der Waals surface area contributed by atoms with Gasteiger partial charge < -0.3 is 16.0 Å². The van der Waals surface area contributed by atoms with E-state index in [0.717, 1.165) is 19.0 Å². The highest BCUT2D eigenvalue weighted by Gasteiger charge is 2.12. The number of hydrogen-bond acceptors (Lipinski definition) is 3. The van der Waals surface area contributed by atoms with Crippen LogP contribution < -0.4 is 16.0 Å². The van der Waals surface area contributed by atoms with Gasteiger partial charge in [-0.05, 0) is 38.2 Å². The van der Waals surface area contributed by atoms with Crippen LogP contribution in [0, 0.1) is 5.82 Å². The van der Waals surface area contributed by atoms with Crippen molar-refractivity contribution < 1.29 is 14.0 Å². The van der Waals surface area contributed by atoms with Gasteiger partial charge in [-0.1, -0.05) is 0 Å². The topological polar surface area (TPSA) is 70.2 Å². The van der Waals surface area contributed by atoms with Gasteiger partial charge in [0.1, 0.15) is 5.82 Å². The van der Waals surface area contributed by atoms with Gasteiger partial charge in [0.15, 0.2) is 0 Å². The average molecular weight is 304 g/mol. The van der Waals surface area contributed by atoms with Gasteiger partial charge in [-0.15, -0.1) is 12.4 Å². The zero-order valence-corrected chi connectivity index (χ0v) is 12.3. The molecular weight excluding hydrogens is 285 g/mol. The molecule has 5 nitrogen and oxygen atoms in total. The molecule has 0 aromatic heterocycles. The van der Waals surface area contributed by atoms with Crippen LogP contribution in [0.1, 0.15) is 23.7 Å². The van der Waals surface area contributed by atoms with Gasteiger partial charge in [-0.3, -0.25) is 9.59 Å². The van der Waals surface area contributed by atoms with E-state index in [4.69, 9.17) is 0 Å². The summed E-state index contributed by atoms with van der Waals surface area (Å²) in [5.41, 5.74) is 0.324. The van der Waals surface area contributed by atoms with Crippen molar-refractivity contribution in [3.8, 4) is 0 Å². The zero-order valence-electron chi connectivity index (χ0n) is 11.5. The summed E-state index contributed by atoms with van der Waals surface area (Å²) < 4.78 is 13.5. The quantitative estimate of drug-likeness (QED) is 0.698. The lowest BCUT2D eigenvalue weighted by molar-refractivity contribution is -0.114. The summed E-state index contributed by atoms with van der Waals surface area (Å²) >= 11 is 0. The fourth-order valence-corrected chi connectivity index (χ4v) is 1.54. The summed E-state index contributed by atoms with van der Waals surface area (Å²) in [5.74, 6) is -1.37. The number of carbonyl (C=O) groups excluding carboxylic acids is 2. The van der Waals surface area contributed by atoms with Crippen LogP contribution in [-0.2, 0) is 4.79 Å². The van der Waals surface area contributed by atoms with Crippen LogP contribution >= 0.6 is 12.4 Å². The van der Waals surface area contributed by atoms with Gasteiger partial charge in [0, 0.05) is 19.2 Å². The monoisotopic (exact) mass is 303 g/mol.